The van der Waals surface area contributed by atoms with Gasteiger partial charge in [-0.25, -0.2) is 0 Å². The van der Waals surface area contributed by atoms with Gasteiger partial charge in [-0.05, 0) is 38.3 Å². The Morgan fingerprint density at radius 1 is 1.41 bits per heavy atom. The molecule has 1 aliphatic carbocycles. The van der Waals surface area contributed by atoms with E-state index >= 15 is 0 Å². The number of aliphatic hydroxyl groups is 1. The molecular weight excluding hydrogens is 214 g/mol. The molecule has 3 nitrogen and oxygen atoms in total. The van der Waals surface area contributed by atoms with Crippen molar-refractivity contribution in [2.45, 2.75) is 32.7 Å². The lowest BCUT2D eigenvalue weighted by Crippen LogP contribution is -2.35. The summed E-state index contributed by atoms with van der Waals surface area (Å²) in [6.07, 6.45) is 2.13. The maximum Gasteiger partial charge on any atom is 0.254 e. The van der Waals surface area contributed by atoms with Crippen LogP contribution in [0.5, 0.6) is 0 Å². The van der Waals surface area contributed by atoms with E-state index in [0.29, 0.717) is 12.6 Å². The SMILES string of the molecule is Cc1ccc(C)c(C(=O)N(CCO)C2CC2)c1. The molecule has 1 amide bonds. The van der Waals surface area contributed by atoms with Crippen LogP contribution in [-0.4, -0.2) is 35.1 Å². The van der Waals surface area contributed by atoms with Crippen molar-refractivity contribution in [3.05, 3.63) is 34.9 Å². The lowest BCUT2D eigenvalue weighted by Gasteiger charge is -2.22. The zero-order chi connectivity index (χ0) is 12.4. The second-order valence-electron chi connectivity index (χ2n) is 4.77. The average molecular weight is 233 g/mol. The molecule has 0 bridgehead atoms. The largest absolute Gasteiger partial charge is 0.395 e. The molecule has 17 heavy (non-hydrogen) atoms. The number of aliphatic hydroxyl groups excluding tert-OH is 1. The number of benzene rings is 1. The van der Waals surface area contributed by atoms with Crippen molar-refractivity contribution in [3.63, 3.8) is 0 Å². The van der Waals surface area contributed by atoms with Gasteiger partial charge in [-0.1, -0.05) is 17.7 Å². The summed E-state index contributed by atoms with van der Waals surface area (Å²) in [4.78, 5) is 14.2. The molecule has 1 N–H and O–H groups in total. The Kier molecular flexibility index (Phi) is 3.48. The maximum atomic E-state index is 12.4. The first kappa shape index (κ1) is 12.1. The van der Waals surface area contributed by atoms with E-state index in [1.165, 1.54) is 0 Å². The second kappa shape index (κ2) is 4.88. The second-order valence-corrected chi connectivity index (χ2v) is 4.77. The third kappa shape index (κ3) is 2.67. The highest BCUT2D eigenvalue weighted by atomic mass is 16.3. The number of carbonyl (C=O) groups excluding carboxylic acids is 1. The fourth-order valence-corrected chi connectivity index (χ4v) is 2.06. The fourth-order valence-electron chi connectivity index (χ4n) is 2.06. The Labute approximate surface area is 102 Å². The first-order valence-electron chi connectivity index (χ1n) is 6.12. The summed E-state index contributed by atoms with van der Waals surface area (Å²) in [5.74, 6) is 0.0581. The number of aryl methyl sites for hydroxylation is 2. The minimum absolute atomic E-state index is 0.0348. The van der Waals surface area contributed by atoms with Gasteiger partial charge in [0, 0.05) is 18.2 Å². The topological polar surface area (TPSA) is 40.5 Å². The van der Waals surface area contributed by atoms with Crippen LogP contribution in [0.25, 0.3) is 0 Å². The van der Waals surface area contributed by atoms with Gasteiger partial charge in [-0.2, -0.15) is 0 Å². The molecule has 92 valence electrons. The lowest BCUT2D eigenvalue weighted by molar-refractivity contribution is 0.0707. The van der Waals surface area contributed by atoms with Crippen molar-refractivity contribution < 1.29 is 9.90 Å². The lowest BCUT2D eigenvalue weighted by atomic mass is 10.0. The Morgan fingerprint density at radius 3 is 2.71 bits per heavy atom. The molecule has 1 saturated carbocycles. The summed E-state index contributed by atoms with van der Waals surface area (Å²) in [5, 5.41) is 9.04. The van der Waals surface area contributed by atoms with E-state index in [1.807, 2.05) is 36.9 Å². The monoisotopic (exact) mass is 233 g/mol. The van der Waals surface area contributed by atoms with Crippen LogP contribution in [-0.2, 0) is 0 Å². The summed E-state index contributed by atoms with van der Waals surface area (Å²) < 4.78 is 0. The molecule has 0 aliphatic heterocycles. The Bertz CT molecular complexity index is 424. The van der Waals surface area contributed by atoms with Gasteiger partial charge in [0.25, 0.3) is 5.91 Å². The van der Waals surface area contributed by atoms with Crippen molar-refractivity contribution in [1.29, 1.82) is 0 Å². The van der Waals surface area contributed by atoms with E-state index in [1.54, 1.807) is 0 Å². The molecule has 1 fully saturated rings. The Hall–Kier alpha value is -1.35. The van der Waals surface area contributed by atoms with Crippen LogP contribution < -0.4 is 0 Å². The molecular formula is C14H19NO2. The minimum atomic E-state index is 0.0348. The van der Waals surface area contributed by atoms with Gasteiger partial charge >= 0.3 is 0 Å². The van der Waals surface area contributed by atoms with Crippen LogP contribution in [0.3, 0.4) is 0 Å². The van der Waals surface area contributed by atoms with Crippen molar-refractivity contribution in [2.24, 2.45) is 0 Å². The number of amides is 1. The molecule has 1 aliphatic rings. The molecule has 0 radical (unpaired) electrons. The molecule has 0 saturated heterocycles. The van der Waals surface area contributed by atoms with Gasteiger partial charge in [-0.15, -0.1) is 0 Å². The van der Waals surface area contributed by atoms with Crippen LogP contribution in [0.2, 0.25) is 0 Å². The summed E-state index contributed by atoms with van der Waals surface area (Å²) >= 11 is 0. The van der Waals surface area contributed by atoms with E-state index in [9.17, 15) is 4.79 Å². The van der Waals surface area contributed by atoms with E-state index < -0.39 is 0 Å². The third-order valence-corrected chi connectivity index (χ3v) is 3.21. The molecule has 2 rings (SSSR count). The number of nitrogens with zero attached hydrogens (tertiary/aromatic N) is 1. The number of hydrogen-bond donors (Lipinski definition) is 1. The normalized spacial score (nSPS) is 14.8. The molecule has 3 heteroatoms. The Morgan fingerprint density at radius 2 is 2.12 bits per heavy atom. The van der Waals surface area contributed by atoms with E-state index in [4.69, 9.17) is 5.11 Å². The quantitative estimate of drug-likeness (QED) is 0.863. The molecule has 0 heterocycles. The smallest absolute Gasteiger partial charge is 0.254 e. The van der Waals surface area contributed by atoms with Crippen LogP contribution in [0.1, 0.15) is 34.3 Å². The van der Waals surface area contributed by atoms with Crippen molar-refractivity contribution >= 4 is 5.91 Å². The van der Waals surface area contributed by atoms with Gasteiger partial charge in [0.15, 0.2) is 0 Å². The molecule has 1 aromatic rings. The Balaban J connectivity index is 2.24. The third-order valence-electron chi connectivity index (χ3n) is 3.21. The molecule has 0 aromatic heterocycles. The minimum Gasteiger partial charge on any atom is -0.395 e. The summed E-state index contributed by atoms with van der Waals surface area (Å²) in [6.45, 7) is 4.42. The highest BCUT2D eigenvalue weighted by Crippen LogP contribution is 2.28. The van der Waals surface area contributed by atoms with Gasteiger partial charge in [0.05, 0.1) is 6.61 Å². The van der Waals surface area contributed by atoms with Crippen LogP contribution >= 0.6 is 0 Å². The summed E-state index contributed by atoms with van der Waals surface area (Å²) in [6, 6.07) is 6.27. The fraction of sp³-hybridized carbons (Fsp3) is 0.500. The molecule has 1 aromatic carbocycles. The zero-order valence-electron chi connectivity index (χ0n) is 10.4. The first-order chi connectivity index (χ1) is 8.13. The standard InChI is InChI=1S/C14H19NO2/c1-10-3-4-11(2)13(9-10)14(17)15(7-8-16)12-5-6-12/h3-4,9,12,16H,5-8H2,1-2H3. The van der Waals surface area contributed by atoms with Gasteiger partial charge < -0.3 is 10.0 Å². The first-order valence-corrected chi connectivity index (χ1v) is 6.12. The molecule has 0 spiro atoms. The highest BCUT2D eigenvalue weighted by molar-refractivity contribution is 5.96. The van der Waals surface area contributed by atoms with Crippen molar-refractivity contribution in [2.75, 3.05) is 13.2 Å². The van der Waals surface area contributed by atoms with Gasteiger partial charge in [0.1, 0.15) is 0 Å². The van der Waals surface area contributed by atoms with E-state index in [-0.39, 0.29) is 12.5 Å². The maximum absolute atomic E-state index is 12.4. The summed E-state index contributed by atoms with van der Waals surface area (Å²) in [7, 11) is 0. The van der Waals surface area contributed by atoms with Crippen LogP contribution in [0, 0.1) is 13.8 Å². The van der Waals surface area contributed by atoms with Crippen LogP contribution in [0.15, 0.2) is 18.2 Å². The molecule has 0 atom stereocenters. The number of carbonyl (C=O) groups is 1. The van der Waals surface area contributed by atoms with Crippen LogP contribution in [0.4, 0.5) is 0 Å². The van der Waals surface area contributed by atoms with E-state index in [0.717, 1.165) is 29.5 Å². The number of rotatable bonds is 4. The zero-order valence-corrected chi connectivity index (χ0v) is 10.4. The molecule has 0 unspecified atom stereocenters. The highest BCUT2D eigenvalue weighted by Gasteiger charge is 2.32. The van der Waals surface area contributed by atoms with Gasteiger partial charge in [0.2, 0.25) is 0 Å². The predicted molar refractivity (Wildman–Crippen MR) is 67.1 cm³/mol. The van der Waals surface area contributed by atoms with Crippen molar-refractivity contribution in [3.8, 4) is 0 Å². The van der Waals surface area contributed by atoms with E-state index in [2.05, 4.69) is 0 Å². The summed E-state index contributed by atoms with van der Waals surface area (Å²) in [5.41, 5.74) is 2.87. The van der Waals surface area contributed by atoms with Gasteiger partial charge in [-0.3, -0.25) is 4.79 Å². The van der Waals surface area contributed by atoms with Crippen molar-refractivity contribution in [1.82, 2.24) is 4.90 Å². The average Bonchev–Trinajstić information content (AvgIpc) is 3.12. The predicted octanol–water partition coefficient (Wildman–Crippen LogP) is 1.90. The number of hydrogen-bond acceptors (Lipinski definition) is 2.